The van der Waals surface area contributed by atoms with Crippen molar-refractivity contribution < 1.29 is 9.18 Å². The predicted octanol–water partition coefficient (Wildman–Crippen LogP) is 2.39. The summed E-state index contributed by atoms with van der Waals surface area (Å²) >= 11 is 0. The summed E-state index contributed by atoms with van der Waals surface area (Å²) in [6.45, 7) is 0.264. The minimum absolute atomic E-state index is 0.0424. The van der Waals surface area contributed by atoms with E-state index < -0.39 is 0 Å². The van der Waals surface area contributed by atoms with Gasteiger partial charge in [0, 0.05) is 25.2 Å². The van der Waals surface area contributed by atoms with Gasteiger partial charge in [0.05, 0.1) is 0 Å². The standard InChI is InChI=1S/C18H20FN3O/c1-22(12-14-9-5-6-10-15(14)19)18(23)17-11-16(20-21-17)13-7-3-2-4-8-13/h2-10,16-17,20-21H,11-12H2,1H3. The first-order chi connectivity index (χ1) is 11.1. The second-order valence-corrected chi connectivity index (χ2v) is 5.83. The van der Waals surface area contributed by atoms with E-state index in [4.69, 9.17) is 0 Å². The summed E-state index contributed by atoms with van der Waals surface area (Å²) in [5.41, 5.74) is 7.88. The average Bonchev–Trinajstić information content (AvgIpc) is 3.07. The molecule has 0 radical (unpaired) electrons. The molecule has 1 aliphatic rings. The van der Waals surface area contributed by atoms with Crippen molar-refractivity contribution in [1.82, 2.24) is 15.8 Å². The van der Waals surface area contributed by atoms with Gasteiger partial charge in [0.15, 0.2) is 0 Å². The number of halogens is 1. The number of hydrazine groups is 1. The zero-order chi connectivity index (χ0) is 16.2. The van der Waals surface area contributed by atoms with Crippen LogP contribution in [0.2, 0.25) is 0 Å². The predicted molar refractivity (Wildman–Crippen MR) is 86.7 cm³/mol. The van der Waals surface area contributed by atoms with Gasteiger partial charge >= 0.3 is 0 Å². The Morgan fingerprint density at radius 3 is 2.57 bits per heavy atom. The molecular formula is C18H20FN3O. The lowest BCUT2D eigenvalue weighted by Gasteiger charge is -2.21. The molecule has 2 aromatic rings. The minimum atomic E-state index is -0.308. The van der Waals surface area contributed by atoms with E-state index in [0.29, 0.717) is 12.0 Å². The first kappa shape index (κ1) is 15.6. The Labute approximate surface area is 135 Å². The minimum Gasteiger partial charge on any atom is -0.340 e. The van der Waals surface area contributed by atoms with E-state index in [1.807, 2.05) is 30.3 Å². The molecule has 0 saturated carbocycles. The molecule has 2 unspecified atom stereocenters. The van der Waals surface area contributed by atoms with Crippen LogP contribution in [0.3, 0.4) is 0 Å². The smallest absolute Gasteiger partial charge is 0.241 e. The van der Waals surface area contributed by atoms with Crippen LogP contribution in [0.5, 0.6) is 0 Å². The number of carbonyl (C=O) groups excluding carboxylic acids is 1. The van der Waals surface area contributed by atoms with Crippen molar-refractivity contribution in [1.29, 1.82) is 0 Å². The van der Waals surface area contributed by atoms with Crippen LogP contribution in [-0.2, 0) is 11.3 Å². The lowest BCUT2D eigenvalue weighted by Crippen LogP contribution is -2.43. The van der Waals surface area contributed by atoms with Gasteiger partial charge in [-0.25, -0.2) is 15.2 Å². The Bertz CT molecular complexity index is 677. The first-order valence-electron chi connectivity index (χ1n) is 7.69. The second kappa shape index (κ2) is 6.89. The molecule has 0 aromatic heterocycles. The number of rotatable bonds is 4. The lowest BCUT2D eigenvalue weighted by atomic mass is 10.0. The zero-order valence-electron chi connectivity index (χ0n) is 13.0. The van der Waals surface area contributed by atoms with Crippen LogP contribution in [0.1, 0.15) is 23.6 Å². The van der Waals surface area contributed by atoms with Gasteiger partial charge in [-0.15, -0.1) is 0 Å². The van der Waals surface area contributed by atoms with Crippen molar-refractivity contribution in [3.63, 3.8) is 0 Å². The number of nitrogens with zero attached hydrogens (tertiary/aromatic N) is 1. The van der Waals surface area contributed by atoms with Crippen LogP contribution in [-0.4, -0.2) is 23.9 Å². The third-order valence-corrected chi connectivity index (χ3v) is 4.14. The third kappa shape index (κ3) is 3.57. The Kier molecular flexibility index (Phi) is 4.69. The molecule has 1 saturated heterocycles. The van der Waals surface area contributed by atoms with Crippen LogP contribution in [0.25, 0.3) is 0 Å². The van der Waals surface area contributed by atoms with Crippen LogP contribution >= 0.6 is 0 Å². The van der Waals surface area contributed by atoms with Gasteiger partial charge in [0.1, 0.15) is 11.9 Å². The number of hydrogen-bond acceptors (Lipinski definition) is 3. The van der Waals surface area contributed by atoms with Gasteiger partial charge < -0.3 is 4.90 Å². The van der Waals surface area contributed by atoms with Crippen LogP contribution in [0.4, 0.5) is 4.39 Å². The highest BCUT2D eigenvalue weighted by Gasteiger charge is 2.31. The van der Waals surface area contributed by atoms with Crippen molar-refractivity contribution in [2.75, 3.05) is 7.05 Å². The van der Waals surface area contributed by atoms with Crippen LogP contribution in [0.15, 0.2) is 54.6 Å². The van der Waals surface area contributed by atoms with Gasteiger partial charge in [-0.1, -0.05) is 48.5 Å². The van der Waals surface area contributed by atoms with E-state index in [1.54, 1.807) is 30.1 Å². The molecule has 2 atom stereocenters. The van der Waals surface area contributed by atoms with Gasteiger partial charge in [-0.05, 0) is 18.1 Å². The summed E-state index contributed by atoms with van der Waals surface area (Å²) in [7, 11) is 1.70. The number of amides is 1. The Morgan fingerprint density at radius 1 is 1.13 bits per heavy atom. The molecule has 120 valence electrons. The average molecular weight is 313 g/mol. The van der Waals surface area contributed by atoms with Crippen molar-refractivity contribution in [2.45, 2.75) is 25.0 Å². The normalized spacial score (nSPS) is 20.4. The van der Waals surface area contributed by atoms with Gasteiger partial charge in [0.25, 0.3) is 0 Å². The third-order valence-electron chi connectivity index (χ3n) is 4.14. The largest absolute Gasteiger partial charge is 0.340 e. The van der Waals surface area contributed by atoms with Crippen molar-refractivity contribution in [3.8, 4) is 0 Å². The number of likely N-dealkylation sites (N-methyl/N-ethyl adjacent to an activating group) is 1. The van der Waals surface area contributed by atoms with Crippen LogP contribution in [0, 0.1) is 5.82 Å². The highest BCUT2D eigenvalue weighted by molar-refractivity contribution is 5.82. The quantitative estimate of drug-likeness (QED) is 0.911. The summed E-state index contributed by atoms with van der Waals surface area (Å²) in [6.07, 6.45) is 0.671. The van der Waals surface area contributed by atoms with Crippen LogP contribution < -0.4 is 10.9 Å². The van der Waals surface area contributed by atoms with Gasteiger partial charge in [-0.2, -0.15) is 0 Å². The monoisotopic (exact) mass is 313 g/mol. The zero-order valence-corrected chi connectivity index (χ0v) is 13.0. The van der Waals surface area contributed by atoms with E-state index in [1.165, 1.54) is 6.07 Å². The molecular weight excluding hydrogens is 293 g/mol. The molecule has 2 N–H and O–H groups in total. The van der Waals surface area contributed by atoms with Crippen molar-refractivity contribution >= 4 is 5.91 Å². The molecule has 1 aliphatic heterocycles. The number of benzene rings is 2. The molecule has 0 bridgehead atoms. The van der Waals surface area contributed by atoms with Gasteiger partial charge in [0.2, 0.25) is 5.91 Å². The maximum Gasteiger partial charge on any atom is 0.241 e. The molecule has 23 heavy (non-hydrogen) atoms. The molecule has 1 heterocycles. The SMILES string of the molecule is CN(Cc1ccccc1F)C(=O)C1CC(c2ccccc2)NN1. The Balaban J connectivity index is 1.61. The van der Waals surface area contributed by atoms with Gasteiger partial charge in [-0.3, -0.25) is 4.79 Å². The molecule has 4 nitrogen and oxygen atoms in total. The molecule has 1 fully saturated rings. The summed E-state index contributed by atoms with van der Waals surface area (Å²) < 4.78 is 13.7. The fraction of sp³-hybridized carbons (Fsp3) is 0.278. The highest BCUT2D eigenvalue weighted by atomic mass is 19.1. The van der Waals surface area contributed by atoms with E-state index in [2.05, 4.69) is 10.9 Å². The van der Waals surface area contributed by atoms with E-state index in [0.717, 1.165) is 5.56 Å². The first-order valence-corrected chi connectivity index (χ1v) is 7.69. The molecule has 3 rings (SSSR count). The summed E-state index contributed by atoms with van der Waals surface area (Å²) in [6, 6.07) is 16.3. The Morgan fingerprint density at radius 2 is 1.83 bits per heavy atom. The molecule has 2 aromatic carbocycles. The summed E-state index contributed by atoms with van der Waals surface area (Å²) in [5.74, 6) is -0.328. The maximum atomic E-state index is 13.7. The van der Waals surface area contributed by atoms with E-state index in [-0.39, 0.29) is 30.4 Å². The van der Waals surface area contributed by atoms with Crippen molar-refractivity contribution in [2.24, 2.45) is 0 Å². The maximum absolute atomic E-state index is 13.7. The topological polar surface area (TPSA) is 44.4 Å². The summed E-state index contributed by atoms with van der Waals surface area (Å²) in [5, 5.41) is 0. The Hall–Kier alpha value is -2.24. The molecule has 0 aliphatic carbocycles. The van der Waals surface area contributed by atoms with Crippen molar-refractivity contribution in [3.05, 3.63) is 71.5 Å². The second-order valence-electron chi connectivity index (χ2n) is 5.83. The van der Waals surface area contributed by atoms with E-state index >= 15 is 0 Å². The highest BCUT2D eigenvalue weighted by Crippen LogP contribution is 2.23. The number of hydrogen-bond donors (Lipinski definition) is 2. The summed E-state index contributed by atoms with van der Waals surface area (Å²) in [4.78, 5) is 14.1. The fourth-order valence-electron chi connectivity index (χ4n) is 2.85. The molecule has 1 amide bonds. The number of carbonyl (C=O) groups is 1. The molecule has 5 heteroatoms. The number of nitrogens with one attached hydrogen (secondary N) is 2. The lowest BCUT2D eigenvalue weighted by molar-refractivity contribution is -0.132. The fourth-order valence-corrected chi connectivity index (χ4v) is 2.85. The van der Waals surface area contributed by atoms with E-state index in [9.17, 15) is 9.18 Å². The molecule has 0 spiro atoms.